The van der Waals surface area contributed by atoms with Crippen LogP contribution in [0.25, 0.3) is 16.7 Å². The zero-order chi connectivity index (χ0) is 25.9. The molecule has 0 atom stereocenters. The van der Waals surface area contributed by atoms with Gasteiger partial charge in [0, 0.05) is 12.6 Å². The number of pyridine rings is 2. The minimum atomic E-state index is -0.423. The van der Waals surface area contributed by atoms with Crippen molar-refractivity contribution in [2.45, 2.75) is 19.5 Å². The molecule has 0 saturated carbocycles. The maximum Gasteiger partial charge on any atom is 0.278 e. The molecule has 5 aromatic rings. The zero-order valence-electron chi connectivity index (χ0n) is 20.4. The number of aryl methyl sites for hydroxylation is 2. The molecule has 188 valence electrons. The predicted molar refractivity (Wildman–Crippen MR) is 137 cm³/mol. The number of furan rings is 1. The standard InChI is InChI=1S/C27H25N5O5/c1-35-21-9-8-17(14-22(21)36-2)10-12-32-24(28)19(26(33)29-16-18-6-5-13-37-18)15-20-25(32)30-23-7-3-4-11-31(23)27(20)34/h3-9,11,13-15,28H,10,12,16H2,1-2H3,(H,29,33)/p+1. The third-order valence-electron chi connectivity index (χ3n) is 6.18. The second-order valence-corrected chi connectivity index (χ2v) is 8.38. The van der Waals surface area contributed by atoms with Crippen LogP contribution in [-0.2, 0) is 19.5 Å². The first kappa shape index (κ1) is 23.9. The molecule has 0 unspecified atom stereocenters. The van der Waals surface area contributed by atoms with Gasteiger partial charge in [-0.15, -0.1) is 0 Å². The average Bonchev–Trinajstić information content (AvgIpc) is 3.45. The van der Waals surface area contributed by atoms with E-state index in [1.54, 1.807) is 55.3 Å². The van der Waals surface area contributed by atoms with Crippen LogP contribution in [0.1, 0.15) is 21.7 Å². The van der Waals surface area contributed by atoms with Gasteiger partial charge in [-0.2, -0.15) is 0 Å². The Morgan fingerprint density at radius 1 is 1.11 bits per heavy atom. The van der Waals surface area contributed by atoms with Crippen LogP contribution in [0.4, 0.5) is 5.82 Å². The van der Waals surface area contributed by atoms with E-state index in [9.17, 15) is 9.59 Å². The van der Waals surface area contributed by atoms with Gasteiger partial charge in [-0.25, -0.2) is 4.57 Å². The molecule has 3 N–H and O–H groups in total. The Bertz CT molecular complexity index is 1660. The van der Waals surface area contributed by atoms with Gasteiger partial charge in [0.2, 0.25) is 11.5 Å². The van der Waals surface area contributed by atoms with E-state index < -0.39 is 5.91 Å². The summed E-state index contributed by atoms with van der Waals surface area (Å²) in [5, 5.41) is 3.09. The molecule has 0 aliphatic heterocycles. The number of fused-ring (bicyclic) bond motifs is 2. The molecule has 5 rings (SSSR count). The van der Waals surface area contributed by atoms with Gasteiger partial charge in [-0.3, -0.25) is 14.0 Å². The van der Waals surface area contributed by atoms with Gasteiger partial charge >= 0.3 is 0 Å². The number of ether oxygens (including phenoxy) is 2. The number of amides is 1. The number of nitrogen functional groups attached to an aromatic ring is 1. The third kappa shape index (κ3) is 4.56. The summed E-state index contributed by atoms with van der Waals surface area (Å²) >= 11 is 0. The summed E-state index contributed by atoms with van der Waals surface area (Å²) in [5.74, 6) is 1.61. The number of anilines is 1. The molecule has 0 saturated heterocycles. The fraction of sp³-hybridized carbons (Fsp3) is 0.185. The molecule has 1 amide bonds. The highest BCUT2D eigenvalue weighted by Crippen LogP contribution is 2.27. The van der Waals surface area contributed by atoms with Crippen molar-refractivity contribution in [2.75, 3.05) is 20.0 Å². The van der Waals surface area contributed by atoms with Crippen LogP contribution >= 0.6 is 0 Å². The lowest BCUT2D eigenvalue weighted by molar-refractivity contribution is -0.658. The Hall–Kier alpha value is -4.86. The summed E-state index contributed by atoms with van der Waals surface area (Å²) in [7, 11) is 3.16. The van der Waals surface area contributed by atoms with E-state index in [-0.39, 0.29) is 28.9 Å². The van der Waals surface area contributed by atoms with Crippen LogP contribution in [-0.4, -0.2) is 29.5 Å². The normalized spacial score (nSPS) is 11.1. The van der Waals surface area contributed by atoms with Gasteiger partial charge in [-0.1, -0.05) is 17.1 Å². The molecule has 0 fully saturated rings. The number of carbonyl (C=O) groups excluding carboxylic acids is 1. The minimum Gasteiger partial charge on any atom is -0.493 e. The highest BCUT2D eigenvalue weighted by atomic mass is 16.5. The number of rotatable bonds is 8. The highest BCUT2D eigenvalue weighted by molar-refractivity contribution is 6.00. The van der Waals surface area contributed by atoms with E-state index >= 15 is 0 Å². The molecule has 0 bridgehead atoms. The van der Waals surface area contributed by atoms with Crippen molar-refractivity contribution in [3.05, 3.63) is 94.3 Å². The lowest BCUT2D eigenvalue weighted by Gasteiger charge is -2.13. The molecule has 4 heterocycles. The Morgan fingerprint density at radius 2 is 1.95 bits per heavy atom. The molecule has 10 nitrogen and oxygen atoms in total. The summed E-state index contributed by atoms with van der Waals surface area (Å²) in [6, 6.07) is 16.0. The number of hydrogen-bond acceptors (Lipinski definition) is 7. The minimum absolute atomic E-state index is 0.182. The lowest BCUT2D eigenvalue weighted by Crippen LogP contribution is -2.43. The van der Waals surface area contributed by atoms with Crippen molar-refractivity contribution in [3.8, 4) is 11.5 Å². The van der Waals surface area contributed by atoms with Gasteiger partial charge in [-0.05, 0) is 48.0 Å². The van der Waals surface area contributed by atoms with Crippen LogP contribution in [0.2, 0.25) is 0 Å². The Morgan fingerprint density at radius 3 is 2.70 bits per heavy atom. The van der Waals surface area contributed by atoms with Crippen LogP contribution in [0.5, 0.6) is 11.5 Å². The van der Waals surface area contributed by atoms with E-state index in [1.807, 2.05) is 18.2 Å². The van der Waals surface area contributed by atoms with Crippen molar-refractivity contribution >= 4 is 28.4 Å². The average molecular weight is 501 g/mol. The van der Waals surface area contributed by atoms with Crippen molar-refractivity contribution in [2.24, 2.45) is 0 Å². The largest absolute Gasteiger partial charge is 0.493 e. The van der Waals surface area contributed by atoms with Crippen molar-refractivity contribution < 1.29 is 23.3 Å². The number of carbonyl (C=O) groups is 1. The van der Waals surface area contributed by atoms with Gasteiger partial charge in [0.05, 0.1) is 33.6 Å². The Labute approximate surface area is 211 Å². The number of benzene rings is 1. The van der Waals surface area contributed by atoms with Crippen LogP contribution in [0.3, 0.4) is 0 Å². The molecule has 0 aliphatic carbocycles. The monoisotopic (exact) mass is 500 g/mol. The first-order chi connectivity index (χ1) is 18.0. The molecule has 0 aliphatic rings. The van der Waals surface area contributed by atoms with E-state index in [2.05, 4.69) is 5.32 Å². The van der Waals surface area contributed by atoms with Gasteiger partial charge in [0.1, 0.15) is 16.7 Å². The topological polar surface area (TPSA) is 125 Å². The van der Waals surface area contributed by atoms with Gasteiger partial charge in [0.15, 0.2) is 11.5 Å². The fourth-order valence-corrected chi connectivity index (χ4v) is 4.26. The Kier molecular flexibility index (Phi) is 6.46. The number of nitrogens with zero attached hydrogens (tertiary/aromatic N) is 3. The van der Waals surface area contributed by atoms with E-state index in [1.165, 1.54) is 16.7 Å². The second-order valence-electron chi connectivity index (χ2n) is 8.38. The Balaban J connectivity index is 1.59. The summed E-state index contributed by atoms with van der Waals surface area (Å²) < 4.78 is 19.2. The van der Waals surface area contributed by atoms with E-state index in [4.69, 9.17) is 24.6 Å². The van der Waals surface area contributed by atoms with Crippen LogP contribution < -0.4 is 30.7 Å². The molecule has 4 aromatic heterocycles. The molecule has 1 aromatic carbocycles. The summed E-state index contributed by atoms with van der Waals surface area (Å²) in [5.41, 5.74) is 8.28. The molecular formula is C27H26N5O5+. The first-order valence-corrected chi connectivity index (χ1v) is 11.6. The third-order valence-corrected chi connectivity index (χ3v) is 6.18. The van der Waals surface area contributed by atoms with Crippen LogP contribution in [0.15, 0.2) is 76.3 Å². The number of nitrogens with one attached hydrogen (secondary N) is 1. The molecule has 37 heavy (non-hydrogen) atoms. The van der Waals surface area contributed by atoms with Gasteiger partial charge < -0.3 is 24.9 Å². The fourth-order valence-electron chi connectivity index (χ4n) is 4.26. The number of aromatic nitrogens is 3. The number of nitrogens with two attached hydrogens (primary N) is 1. The highest BCUT2D eigenvalue weighted by Gasteiger charge is 2.24. The van der Waals surface area contributed by atoms with Crippen molar-refractivity contribution in [1.29, 1.82) is 0 Å². The second kappa shape index (κ2) is 10.0. The summed E-state index contributed by atoms with van der Waals surface area (Å²) in [6.07, 6.45) is 3.72. The van der Waals surface area contributed by atoms with E-state index in [0.29, 0.717) is 41.5 Å². The lowest BCUT2D eigenvalue weighted by atomic mass is 10.1. The SMILES string of the molecule is COc1ccc(CC[n+]2c(N)c(C(=O)NCc3ccco3)cc3c(=O)n4ccccc4nc32)cc1OC. The number of hydrogen-bond donors (Lipinski definition) is 2. The molecular weight excluding hydrogens is 474 g/mol. The van der Waals surface area contributed by atoms with E-state index in [0.717, 1.165) is 5.56 Å². The first-order valence-electron chi connectivity index (χ1n) is 11.6. The van der Waals surface area contributed by atoms with Crippen molar-refractivity contribution in [3.63, 3.8) is 0 Å². The van der Waals surface area contributed by atoms with Crippen molar-refractivity contribution in [1.82, 2.24) is 14.7 Å². The predicted octanol–water partition coefficient (Wildman–Crippen LogP) is 2.50. The quantitative estimate of drug-likeness (QED) is 0.248. The van der Waals surface area contributed by atoms with Gasteiger partial charge in [0.25, 0.3) is 17.1 Å². The summed E-state index contributed by atoms with van der Waals surface area (Å²) in [4.78, 5) is 31.3. The maximum absolute atomic E-state index is 13.4. The zero-order valence-corrected chi connectivity index (χ0v) is 20.4. The number of methoxy groups -OCH3 is 2. The maximum atomic E-state index is 13.4. The molecule has 0 spiro atoms. The molecule has 0 radical (unpaired) electrons. The van der Waals surface area contributed by atoms with Crippen LogP contribution in [0, 0.1) is 0 Å². The molecule has 10 heteroatoms. The summed E-state index contributed by atoms with van der Waals surface area (Å²) in [6.45, 7) is 0.552. The smallest absolute Gasteiger partial charge is 0.278 e.